The number of ether oxygens (including phenoxy) is 2. The predicted octanol–water partition coefficient (Wildman–Crippen LogP) is 4.04. The molecule has 0 heterocycles. The van der Waals surface area contributed by atoms with Crippen LogP contribution in [0.4, 0.5) is 5.69 Å². The Morgan fingerprint density at radius 3 is 2.35 bits per heavy atom. The van der Waals surface area contributed by atoms with Gasteiger partial charge in [0.25, 0.3) is 0 Å². The van der Waals surface area contributed by atoms with Gasteiger partial charge in [0.1, 0.15) is 11.5 Å². The Hall–Kier alpha value is -1.81. The second-order valence-corrected chi connectivity index (χ2v) is 5.15. The molecule has 4 heteroatoms. The molecule has 0 atom stereocenters. The van der Waals surface area contributed by atoms with Crippen molar-refractivity contribution in [2.45, 2.75) is 11.4 Å². The lowest BCUT2D eigenvalue weighted by atomic mass is 10.2. The van der Waals surface area contributed by atoms with Crippen molar-refractivity contribution in [3.05, 3.63) is 48.0 Å². The lowest BCUT2D eigenvalue weighted by Crippen LogP contribution is -2.01. The van der Waals surface area contributed by atoms with Crippen molar-refractivity contribution in [3.63, 3.8) is 0 Å². The monoisotopic (exact) mass is 289 g/mol. The van der Waals surface area contributed by atoms with Crippen molar-refractivity contribution < 1.29 is 9.47 Å². The quantitative estimate of drug-likeness (QED) is 0.813. The minimum absolute atomic E-state index is 0.761. The zero-order chi connectivity index (χ0) is 14.4. The van der Waals surface area contributed by atoms with Crippen LogP contribution in [0.5, 0.6) is 11.5 Å². The van der Waals surface area contributed by atoms with Crippen molar-refractivity contribution in [1.29, 1.82) is 0 Å². The number of thioether (sulfide) groups is 1. The first kappa shape index (κ1) is 14.6. The van der Waals surface area contributed by atoms with Crippen LogP contribution in [0.3, 0.4) is 0 Å². The summed E-state index contributed by atoms with van der Waals surface area (Å²) in [5.74, 6) is 1.57. The van der Waals surface area contributed by atoms with Gasteiger partial charge in [-0.05, 0) is 36.1 Å². The number of benzene rings is 2. The summed E-state index contributed by atoms with van der Waals surface area (Å²) in [7, 11) is 3.31. The number of anilines is 1. The van der Waals surface area contributed by atoms with Gasteiger partial charge in [0.2, 0.25) is 0 Å². The Kier molecular flexibility index (Phi) is 5.18. The number of hydrogen-bond acceptors (Lipinski definition) is 4. The maximum Gasteiger partial charge on any atom is 0.145 e. The average molecular weight is 289 g/mol. The van der Waals surface area contributed by atoms with E-state index in [9.17, 15) is 0 Å². The first-order valence-electron chi connectivity index (χ1n) is 6.35. The maximum atomic E-state index is 5.37. The molecule has 0 aliphatic rings. The number of hydrogen-bond donors (Lipinski definition) is 1. The van der Waals surface area contributed by atoms with Crippen LogP contribution in [0.1, 0.15) is 5.56 Å². The molecule has 0 fully saturated rings. The molecule has 0 aliphatic carbocycles. The molecule has 0 unspecified atom stereocenters. The normalized spacial score (nSPS) is 10.2. The van der Waals surface area contributed by atoms with E-state index in [2.05, 4.69) is 35.8 Å². The van der Waals surface area contributed by atoms with Crippen molar-refractivity contribution in [1.82, 2.24) is 0 Å². The predicted molar refractivity (Wildman–Crippen MR) is 85.1 cm³/mol. The Morgan fingerprint density at radius 2 is 1.75 bits per heavy atom. The second-order valence-electron chi connectivity index (χ2n) is 4.27. The first-order chi connectivity index (χ1) is 9.76. The number of nitrogens with one attached hydrogen (secondary N) is 1. The topological polar surface area (TPSA) is 30.5 Å². The van der Waals surface area contributed by atoms with Crippen LogP contribution in [0.2, 0.25) is 0 Å². The van der Waals surface area contributed by atoms with E-state index in [-0.39, 0.29) is 0 Å². The Morgan fingerprint density at radius 1 is 1.00 bits per heavy atom. The summed E-state index contributed by atoms with van der Waals surface area (Å²) in [6, 6.07) is 14.3. The summed E-state index contributed by atoms with van der Waals surface area (Å²) in [6.45, 7) is 0.761. The van der Waals surface area contributed by atoms with E-state index in [0.717, 1.165) is 23.7 Å². The third kappa shape index (κ3) is 3.61. The van der Waals surface area contributed by atoms with E-state index in [1.165, 1.54) is 10.5 Å². The van der Waals surface area contributed by atoms with Gasteiger partial charge in [-0.1, -0.05) is 12.1 Å². The van der Waals surface area contributed by atoms with Crippen molar-refractivity contribution in [2.24, 2.45) is 0 Å². The molecule has 0 aliphatic heterocycles. The molecule has 0 aromatic heterocycles. The van der Waals surface area contributed by atoms with E-state index in [0.29, 0.717) is 0 Å². The van der Waals surface area contributed by atoms with Gasteiger partial charge in [-0.15, -0.1) is 11.8 Å². The molecule has 0 radical (unpaired) electrons. The second kappa shape index (κ2) is 7.10. The minimum atomic E-state index is 0.761. The fourth-order valence-corrected chi connectivity index (χ4v) is 2.29. The Balaban J connectivity index is 2.05. The molecular formula is C16H19NO2S. The van der Waals surface area contributed by atoms with E-state index < -0.39 is 0 Å². The molecule has 106 valence electrons. The van der Waals surface area contributed by atoms with Crippen LogP contribution < -0.4 is 14.8 Å². The van der Waals surface area contributed by atoms with Crippen LogP contribution in [0.15, 0.2) is 47.4 Å². The van der Waals surface area contributed by atoms with Gasteiger partial charge in [0.15, 0.2) is 0 Å². The molecular weight excluding hydrogens is 270 g/mol. The standard InChI is InChI=1S/C16H19NO2S/c1-18-13-6-9-15(16(10-13)19-2)17-11-12-4-7-14(20-3)8-5-12/h4-10,17H,11H2,1-3H3. The SMILES string of the molecule is COc1ccc(NCc2ccc(SC)cc2)c(OC)c1. The molecule has 3 nitrogen and oxygen atoms in total. The Bertz CT molecular complexity index is 555. The summed E-state index contributed by atoms with van der Waals surface area (Å²) in [4.78, 5) is 1.27. The van der Waals surface area contributed by atoms with Gasteiger partial charge < -0.3 is 14.8 Å². The average Bonchev–Trinajstić information content (AvgIpc) is 2.53. The lowest BCUT2D eigenvalue weighted by Gasteiger charge is -2.12. The molecule has 0 bridgehead atoms. The van der Waals surface area contributed by atoms with E-state index in [1.807, 2.05) is 18.2 Å². The summed E-state index contributed by atoms with van der Waals surface area (Å²) in [5, 5.41) is 3.38. The minimum Gasteiger partial charge on any atom is -0.497 e. The molecule has 20 heavy (non-hydrogen) atoms. The highest BCUT2D eigenvalue weighted by atomic mass is 32.2. The van der Waals surface area contributed by atoms with Crippen LogP contribution in [-0.4, -0.2) is 20.5 Å². The fourth-order valence-electron chi connectivity index (χ4n) is 1.89. The van der Waals surface area contributed by atoms with Gasteiger partial charge in [-0.2, -0.15) is 0 Å². The van der Waals surface area contributed by atoms with Crippen molar-refractivity contribution >= 4 is 17.4 Å². The van der Waals surface area contributed by atoms with Crippen LogP contribution in [0.25, 0.3) is 0 Å². The molecule has 2 rings (SSSR count). The first-order valence-corrected chi connectivity index (χ1v) is 7.58. The largest absolute Gasteiger partial charge is 0.497 e. The van der Waals surface area contributed by atoms with Gasteiger partial charge in [0, 0.05) is 17.5 Å². The molecule has 0 amide bonds. The zero-order valence-electron chi connectivity index (χ0n) is 12.0. The summed E-state index contributed by atoms with van der Waals surface area (Å²) in [6.07, 6.45) is 2.08. The highest BCUT2D eigenvalue weighted by molar-refractivity contribution is 7.98. The van der Waals surface area contributed by atoms with Crippen LogP contribution >= 0.6 is 11.8 Å². The molecule has 2 aromatic rings. The van der Waals surface area contributed by atoms with E-state index in [1.54, 1.807) is 26.0 Å². The highest BCUT2D eigenvalue weighted by Gasteiger charge is 2.04. The molecule has 2 aromatic carbocycles. The van der Waals surface area contributed by atoms with Crippen molar-refractivity contribution in [2.75, 3.05) is 25.8 Å². The number of rotatable bonds is 6. The third-order valence-electron chi connectivity index (χ3n) is 3.05. The number of methoxy groups -OCH3 is 2. The molecule has 1 N–H and O–H groups in total. The van der Waals surface area contributed by atoms with Crippen LogP contribution in [0, 0.1) is 0 Å². The molecule has 0 saturated carbocycles. The van der Waals surface area contributed by atoms with E-state index >= 15 is 0 Å². The summed E-state index contributed by atoms with van der Waals surface area (Å²) >= 11 is 1.75. The van der Waals surface area contributed by atoms with E-state index in [4.69, 9.17) is 9.47 Å². The Labute approximate surface area is 124 Å². The lowest BCUT2D eigenvalue weighted by molar-refractivity contribution is 0.395. The fraction of sp³-hybridized carbons (Fsp3) is 0.250. The molecule has 0 spiro atoms. The van der Waals surface area contributed by atoms with Gasteiger partial charge in [0.05, 0.1) is 19.9 Å². The van der Waals surface area contributed by atoms with Gasteiger partial charge >= 0.3 is 0 Å². The summed E-state index contributed by atoms with van der Waals surface area (Å²) in [5.41, 5.74) is 2.20. The smallest absolute Gasteiger partial charge is 0.145 e. The van der Waals surface area contributed by atoms with Crippen LogP contribution in [-0.2, 0) is 6.54 Å². The van der Waals surface area contributed by atoms with Crippen molar-refractivity contribution in [3.8, 4) is 11.5 Å². The van der Waals surface area contributed by atoms with Gasteiger partial charge in [-0.3, -0.25) is 0 Å². The zero-order valence-corrected chi connectivity index (χ0v) is 12.8. The third-order valence-corrected chi connectivity index (χ3v) is 3.79. The highest BCUT2D eigenvalue weighted by Crippen LogP contribution is 2.29. The van der Waals surface area contributed by atoms with Gasteiger partial charge in [-0.25, -0.2) is 0 Å². The molecule has 0 saturated heterocycles. The summed E-state index contributed by atoms with van der Waals surface area (Å²) < 4.78 is 10.6. The maximum absolute atomic E-state index is 5.37.